The average Bonchev–Trinajstić information content (AvgIpc) is 2.80. The standard InChI is InChI=1S/C13H13BrO2S/c1-16-12-6-7-17-13(12)11(15)8-9-2-4-10(14)5-3-9/h2-7,11,15H,8H2,1H3. The largest absolute Gasteiger partial charge is 0.495 e. The molecule has 0 spiro atoms. The Kier molecular flexibility index (Phi) is 4.20. The van der Waals surface area contributed by atoms with Crippen molar-refractivity contribution < 1.29 is 9.84 Å². The fourth-order valence-electron chi connectivity index (χ4n) is 1.66. The zero-order chi connectivity index (χ0) is 12.3. The molecule has 0 aliphatic carbocycles. The number of rotatable bonds is 4. The maximum absolute atomic E-state index is 10.2. The van der Waals surface area contributed by atoms with Crippen molar-refractivity contribution in [2.45, 2.75) is 12.5 Å². The first-order valence-electron chi connectivity index (χ1n) is 5.24. The predicted octanol–water partition coefficient (Wildman–Crippen LogP) is 3.80. The van der Waals surface area contributed by atoms with Gasteiger partial charge in [-0.1, -0.05) is 28.1 Å². The maximum atomic E-state index is 10.2. The Hall–Kier alpha value is -0.840. The van der Waals surface area contributed by atoms with Crippen molar-refractivity contribution in [1.29, 1.82) is 0 Å². The van der Waals surface area contributed by atoms with E-state index in [1.165, 1.54) is 11.3 Å². The zero-order valence-electron chi connectivity index (χ0n) is 9.39. The Morgan fingerprint density at radius 3 is 2.65 bits per heavy atom. The second kappa shape index (κ2) is 5.67. The highest BCUT2D eigenvalue weighted by atomic mass is 79.9. The van der Waals surface area contributed by atoms with Crippen LogP contribution in [0.2, 0.25) is 0 Å². The molecular formula is C13H13BrO2S. The van der Waals surface area contributed by atoms with Gasteiger partial charge in [-0.25, -0.2) is 0 Å². The Balaban J connectivity index is 2.11. The molecule has 1 aromatic carbocycles. The molecule has 4 heteroatoms. The third-order valence-electron chi connectivity index (χ3n) is 2.52. The molecule has 1 atom stereocenters. The van der Waals surface area contributed by atoms with Crippen LogP contribution in [0.25, 0.3) is 0 Å². The summed E-state index contributed by atoms with van der Waals surface area (Å²) in [5.74, 6) is 0.764. The van der Waals surface area contributed by atoms with Crippen LogP contribution >= 0.6 is 27.3 Å². The van der Waals surface area contributed by atoms with Gasteiger partial charge < -0.3 is 9.84 Å². The van der Waals surface area contributed by atoms with Gasteiger partial charge in [0.25, 0.3) is 0 Å². The minimum Gasteiger partial charge on any atom is -0.495 e. The van der Waals surface area contributed by atoms with Crippen molar-refractivity contribution in [3.8, 4) is 5.75 Å². The third-order valence-corrected chi connectivity index (χ3v) is 4.05. The lowest BCUT2D eigenvalue weighted by Crippen LogP contribution is -2.01. The Labute approximate surface area is 113 Å². The van der Waals surface area contributed by atoms with E-state index in [9.17, 15) is 5.11 Å². The molecule has 2 aromatic rings. The molecule has 0 aliphatic heterocycles. The molecule has 1 N–H and O–H groups in total. The lowest BCUT2D eigenvalue weighted by atomic mass is 10.1. The SMILES string of the molecule is COc1ccsc1C(O)Cc1ccc(Br)cc1. The first kappa shape index (κ1) is 12.6. The normalized spacial score (nSPS) is 12.4. The van der Waals surface area contributed by atoms with Crippen molar-refractivity contribution >= 4 is 27.3 Å². The second-order valence-corrected chi connectivity index (χ2v) is 5.56. The van der Waals surface area contributed by atoms with Crippen molar-refractivity contribution in [3.05, 3.63) is 50.6 Å². The van der Waals surface area contributed by atoms with Crippen LogP contribution in [0, 0.1) is 0 Å². The molecule has 1 aromatic heterocycles. The fourth-order valence-corrected chi connectivity index (χ4v) is 2.77. The summed E-state index contributed by atoms with van der Waals surface area (Å²) in [5, 5.41) is 12.1. The Bertz CT molecular complexity index is 478. The molecule has 0 radical (unpaired) electrons. The predicted molar refractivity (Wildman–Crippen MR) is 73.7 cm³/mol. The van der Waals surface area contributed by atoms with E-state index in [0.717, 1.165) is 20.7 Å². The Morgan fingerprint density at radius 2 is 2.00 bits per heavy atom. The number of aliphatic hydroxyl groups is 1. The summed E-state index contributed by atoms with van der Waals surface area (Å²) in [7, 11) is 1.62. The summed E-state index contributed by atoms with van der Waals surface area (Å²) >= 11 is 4.91. The lowest BCUT2D eigenvalue weighted by Gasteiger charge is -2.11. The van der Waals surface area contributed by atoms with Crippen LogP contribution in [0.5, 0.6) is 5.75 Å². The van der Waals surface area contributed by atoms with Gasteiger partial charge in [0.1, 0.15) is 5.75 Å². The summed E-state index contributed by atoms with van der Waals surface area (Å²) in [6, 6.07) is 9.85. The minimum atomic E-state index is -0.508. The van der Waals surface area contributed by atoms with Gasteiger partial charge in [0.15, 0.2) is 0 Å². The van der Waals surface area contributed by atoms with Gasteiger partial charge in [-0.2, -0.15) is 0 Å². The van der Waals surface area contributed by atoms with Gasteiger partial charge in [-0.15, -0.1) is 11.3 Å². The molecule has 1 heterocycles. The summed E-state index contributed by atoms with van der Waals surface area (Å²) in [4.78, 5) is 0.885. The van der Waals surface area contributed by atoms with E-state index in [0.29, 0.717) is 6.42 Å². The highest BCUT2D eigenvalue weighted by Crippen LogP contribution is 2.32. The van der Waals surface area contributed by atoms with E-state index >= 15 is 0 Å². The highest BCUT2D eigenvalue weighted by molar-refractivity contribution is 9.10. The highest BCUT2D eigenvalue weighted by Gasteiger charge is 2.15. The van der Waals surface area contributed by atoms with Gasteiger partial charge >= 0.3 is 0 Å². The topological polar surface area (TPSA) is 29.5 Å². The average molecular weight is 313 g/mol. The van der Waals surface area contributed by atoms with Gasteiger partial charge in [0.2, 0.25) is 0 Å². The van der Waals surface area contributed by atoms with Crippen LogP contribution < -0.4 is 4.74 Å². The zero-order valence-corrected chi connectivity index (χ0v) is 11.8. The molecule has 0 amide bonds. The van der Waals surface area contributed by atoms with E-state index in [2.05, 4.69) is 15.9 Å². The molecule has 2 nitrogen and oxygen atoms in total. The Morgan fingerprint density at radius 1 is 1.29 bits per heavy atom. The molecule has 1 unspecified atom stereocenters. The van der Waals surface area contributed by atoms with Crippen molar-refractivity contribution in [3.63, 3.8) is 0 Å². The van der Waals surface area contributed by atoms with E-state index in [1.54, 1.807) is 7.11 Å². The fraction of sp³-hybridized carbons (Fsp3) is 0.231. The van der Waals surface area contributed by atoms with E-state index in [1.807, 2.05) is 35.7 Å². The first-order chi connectivity index (χ1) is 8.20. The smallest absolute Gasteiger partial charge is 0.135 e. The summed E-state index contributed by atoms with van der Waals surface area (Å²) in [6.07, 6.45) is 0.0931. The molecule has 2 rings (SSSR count). The van der Waals surface area contributed by atoms with Crippen molar-refractivity contribution in [1.82, 2.24) is 0 Å². The molecule has 0 fully saturated rings. The number of hydrogen-bond acceptors (Lipinski definition) is 3. The van der Waals surface area contributed by atoms with E-state index < -0.39 is 6.10 Å². The van der Waals surface area contributed by atoms with Crippen LogP contribution in [-0.4, -0.2) is 12.2 Å². The number of ether oxygens (including phenoxy) is 1. The number of thiophene rings is 1. The number of benzene rings is 1. The third kappa shape index (κ3) is 3.09. The van der Waals surface area contributed by atoms with E-state index in [-0.39, 0.29) is 0 Å². The molecule has 0 saturated carbocycles. The van der Waals surface area contributed by atoms with Crippen LogP contribution in [0.15, 0.2) is 40.2 Å². The number of aliphatic hydroxyl groups excluding tert-OH is 1. The van der Waals surface area contributed by atoms with Gasteiger partial charge in [-0.3, -0.25) is 0 Å². The van der Waals surface area contributed by atoms with Crippen LogP contribution in [0.3, 0.4) is 0 Å². The molecular weight excluding hydrogens is 300 g/mol. The maximum Gasteiger partial charge on any atom is 0.135 e. The van der Waals surface area contributed by atoms with Crippen molar-refractivity contribution in [2.75, 3.05) is 7.11 Å². The molecule has 0 bridgehead atoms. The summed E-state index contributed by atoms with van der Waals surface area (Å²) < 4.78 is 6.25. The minimum absolute atomic E-state index is 0.508. The molecule has 0 saturated heterocycles. The first-order valence-corrected chi connectivity index (χ1v) is 6.92. The van der Waals surface area contributed by atoms with Crippen LogP contribution in [0.1, 0.15) is 16.5 Å². The second-order valence-electron chi connectivity index (χ2n) is 3.70. The number of halogens is 1. The van der Waals surface area contributed by atoms with Gasteiger partial charge in [0.05, 0.1) is 18.1 Å². The van der Waals surface area contributed by atoms with Crippen molar-refractivity contribution in [2.24, 2.45) is 0 Å². The van der Waals surface area contributed by atoms with Gasteiger partial charge in [-0.05, 0) is 29.1 Å². The van der Waals surface area contributed by atoms with Gasteiger partial charge in [0, 0.05) is 10.9 Å². The van der Waals surface area contributed by atoms with E-state index in [4.69, 9.17) is 4.74 Å². The molecule has 0 aliphatic rings. The summed E-state index contributed by atoms with van der Waals surface area (Å²) in [6.45, 7) is 0. The number of hydrogen-bond donors (Lipinski definition) is 1. The summed E-state index contributed by atoms with van der Waals surface area (Å²) in [5.41, 5.74) is 1.11. The molecule has 90 valence electrons. The quantitative estimate of drug-likeness (QED) is 0.930. The number of methoxy groups -OCH3 is 1. The monoisotopic (exact) mass is 312 g/mol. The molecule has 17 heavy (non-hydrogen) atoms. The van der Waals surface area contributed by atoms with Crippen LogP contribution in [0.4, 0.5) is 0 Å². The lowest BCUT2D eigenvalue weighted by molar-refractivity contribution is 0.178. The van der Waals surface area contributed by atoms with Crippen LogP contribution in [-0.2, 0) is 6.42 Å².